The average molecular weight is 485 g/mol. The number of hydrogen-bond acceptors (Lipinski definition) is 6. The van der Waals surface area contributed by atoms with Crippen LogP contribution in [0.1, 0.15) is 22.4 Å². The SMILES string of the molecule is Cc1nc2n(c(=O)c1Cc1ccccc1)CN(Cc1ccc3c(c1)OCO3)CN2c1ccc(F)cc1. The van der Waals surface area contributed by atoms with Gasteiger partial charge in [-0.2, -0.15) is 0 Å². The van der Waals surface area contributed by atoms with Crippen LogP contribution in [0.4, 0.5) is 16.0 Å². The number of nitrogens with zero attached hydrogens (tertiary/aromatic N) is 4. The van der Waals surface area contributed by atoms with Crippen LogP contribution in [-0.2, 0) is 19.6 Å². The number of fused-ring (bicyclic) bond motifs is 2. The first-order valence-corrected chi connectivity index (χ1v) is 11.8. The molecule has 0 saturated heterocycles. The van der Waals surface area contributed by atoms with Crippen LogP contribution >= 0.6 is 0 Å². The predicted octanol–water partition coefficient (Wildman–Crippen LogP) is 4.58. The van der Waals surface area contributed by atoms with Crippen molar-refractivity contribution < 1.29 is 13.9 Å². The smallest absolute Gasteiger partial charge is 0.259 e. The number of benzene rings is 3. The van der Waals surface area contributed by atoms with E-state index in [2.05, 4.69) is 4.90 Å². The Hall–Kier alpha value is -4.17. The Morgan fingerprint density at radius 3 is 2.50 bits per heavy atom. The highest BCUT2D eigenvalue weighted by Gasteiger charge is 2.28. The van der Waals surface area contributed by atoms with E-state index in [4.69, 9.17) is 14.5 Å². The third kappa shape index (κ3) is 4.20. The summed E-state index contributed by atoms with van der Waals surface area (Å²) in [6.45, 7) is 3.56. The maximum Gasteiger partial charge on any atom is 0.259 e. The molecule has 0 N–H and O–H groups in total. The van der Waals surface area contributed by atoms with Gasteiger partial charge in [-0.25, -0.2) is 9.37 Å². The molecule has 0 unspecified atom stereocenters. The lowest BCUT2D eigenvalue weighted by Crippen LogP contribution is -2.47. The van der Waals surface area contributed by atoms with E-state index in [1.165, 1.54) is 12.1 Å². The standard InChI is InChI=1S/C28H25FN4O3/c1-19-24(13-20-5-3-2-4-6-20)27(34)33-17-31(15-21-7-12-25-26(14-21)36-18-35-25)16-32(28(33)30-19)23-10-8-22(29)9-11-23/h2-12,14H,13,15-18H2,1H3. The Kier molecular flexibility index (Phi) is 5.65. The molecule has 0 amide bonds. The van der Waals surface area contributed by atoms with Crippen molar-refractivity contribution >= 4 is 11.6 Å². The molecule has 2 aliphatic heterocycles. The molecule has 0 saturated carbocycles. The van der Waals surface area contributed by atoms with Gasteiger partial charge in [0.15, 0.2) is 11.5 Å². The van der Waals surface area contributed by atoms with Crippen LogP contribution in [0, 0.1) is 12.7 Å². The molecular weight excluding hydrogens is 459 g/mol. The number of aromatic nitrogens is 2. The Bertz CT molecular complexity index is 1470. The van der Waals surface area contributed by atoms with Crippen molar-refractivity contribution in [1.29, 1.82) is 0 Å². The van der Waals surface area contributed by atoms with E-state index in [1.54, 1.807) is 16.7 Å². The number of halogens is 1. The molecule has 0 bridgehead atoms. The van der Waals surface area contributed by atoms with Crippen molar-refractivity contribution in [2.45, 2.75) is 26.6 Å². The monoisotopic (exact) mass is 484 g/mol. The minimum absolute atomic E-state index is 0.0659. The summed E-state index contributed by atoms with van der Waals surface area (Å²) in [7, 11) is 0. The maximum atomic E-state index is 13.8. The highest BCUT2D eigenvalue weighted by molar-refractivity contribution is 5.58. The number of rotatable bonds is 5. The fourth-order valence-corrected chi connectivity index (χ4v) is 4.75. The summed E-state index contributed by atoms with van der Waals surface area (Å²) >= 11 is 0. The second-order valence-electron chi connectivity index (χ2n) is 9.08. The second-order valence-corrected chi connectivity index (χ2v) is 9.08. The zero-order valence-corrected chi connectivity index (χ0v) is 19.9. The summed E-state index contributed by atoms with van der Waals surface area (Å²) in [6.07, 6.45) is 0.511. The van der Waals surface area contributed by atoms with Gasteiger partial charge >= 0.3 is 0 Å². The summed E-state index contributed by atoms with van der Waals surface area (Å²) in [5.74, 6) is 1.70. The third-order valence-corrected chi connectivity index (χ3v) is 6.58. The van der Waals surface area contributed by atoms with Gasteiger partial charge in [-0.15, -0.1) is 0 Å². The van der Waals surface area contributed by atoms with E-state index < -0.39 is 0 Å². The normalized spacial score (nSPS) is 14.7. The fraction of sp³-hybridized carbons (Fsp3) is 0.214. The highest BCUT2D eigenvalue weighted by Crippen LogP contribution is 2.34. The molecule has 2 aliphatic rings. The van der Waals surface area contributed by atoms with Crippen LogP contribution in [0.25, 0.3) is 0 Å². The van der Waals surface area contributed by atoms with Crippen molar-refractivity contribution in [3.05, 3.63) is 111 Å². The third-order valence-electron chi connectivity index (χ3n) is 6.58. The first-order valence-electron chi connectivity index (χ1n) is 11.8. The molecule has 0 spiro atoms. The fourth-order valence-electron chi connectivity index (χ4n) is 4.75. The molecule has 0 radical (unpaired) electrons. The largest absolute Gasteiger partial charge is 0.454 e. The summed E-state index contributed by atoms with van der Waals surface area (Å²) < 4.78 is 26.4. The summed E-state index contributed by atoms with van der Waals surface area (Å²) in [6, 6.07) is 22.1. The topological polar surface area (TPSA) is 59.8 Å². The average Bonchev–Trinajstić information content (AvgIpc) is 3.36. The quantitative estimate of drug-likeness (QED) is 0.413. The maximum absolute atomic E-state index is 13.8. The van der Waals surface area contributed by atoms with E-state index >= 15 is 0 Å². The van der Waals surface area contributed by atoms with Crippen molar-refractivity contribution in [2.24, 2.45) is 0 Å². The summed E-state index contributed by atoms with van der Waals surface area (Å²) in [5.41, 5.74) is 4.18. The minimum Gasteiger partial charge on any atom is -0.454 e. The zero-order valence-electron chi connectivity index (χ0n) is 19.9. The van der Waals surface area contributed by atoms with E-state index in [0.29, 0.717) is 43.5 Å². The van der Waals surface area contributed by atoms with Gasteiger partial charge in [-0.05, 0) is 54.4 Å². The molecule has 3 heterocycles. The zero-order chi connectivity index (χ0) is 24.6. The molecule has 1 aromatic heterocycles. The summed E-state index contributed by atoms with van der Waals surface area (Å²) in [5, 5.41) is 0. The van der Waals surface area contributed by atoms with E-state index in [0.717, 1.165) is 28.3 Å². The molecule has 4 aromatic rings. The van der Waals surface area contributed by atoms with Crippen molar-refractivity contribution in [2.75, 3.05) is 18.4 Å². The molecule has 0 fully saturated rings. The lowest BCUT2D eigenvalue weighted by atomic mass is 10.1. The summed E-state index contributed by atoms with van der Waals surface area (Å²) in [4.78, 5) is 22.8. The second kappa shape index (κ2) is 9.13. The van der Waals surface area contributed by atoms with Crippen molar-refractivity contribution in [3.8, 4) is 11.5 Å². The lowest BCUT2D eigenvalue weighted by molar-refractivity contribution is 0.173. The minimum atomic E-state index is -0.312. The van der Waals surface area contributed by atoms with Gasteiger partial charge in [0.2, 0.25) is 12.7 Å². The number of ether oxygens (including phenoxy) is 2. The van der Waals surface area contributed by atoms with Gasteiger partial charge in [0.1, 0.15) is 5.82 Å². The Morgan fingerprint density at radius 2 is 1.69 bits per heavy atom. The van der Waals surface area contributed by atoms with Crippen LogP contribution < -0.4 is 19.9 Å². The van der Waals surface area contributed by atoms with Crippen LogP contribution in [-0.4, -0.2) is 27.9 Å². The van der Waals surface area contributed by atoms with Crippen molar-refractivity contribution in [3.63, 3.8) is 0 Å². The Labute approximate surface area is 208 Å². The molecule has 36 heavy (non-hydrogen) atoms. The molecule has 8 heteroatoms. The van der Waals surface area contributed by atoms with Crippen LogP contribution in [0.3, 0.4) is 0 Å². The highest BCUT2D eigenvalue weighted by atomic mass is 19.1. The molecule has 3 aromatic carbocycles. The first-order chi connectivity index (χ1) is 17.5. The van der Waals surface area contributed by atoms with Crippen LogP contribution in [0.5, 0.6) is 11.5 Å². The van der Waals surface area contributed by atoms with Gasteiger partial charge in [0, 0.05) is 24.2 Å². The van der Waals surface area contributed by atoms with E-state index in [1.807, 2.05) is 60.4 Å². The van der Waals surface area contributed by atoms with Gasteiger partial charge in [0.25, 0.3) is 5.56 Å². The van der Waals surface area contributed by atoms with Crippen LogP contribution in [0.2, 0.25) is 0 Å². The number of hydrogen-bond donors (Lipinski definition) is 0. The van der Waals surface area contributed by atoms with Crippen molar-refractivity contribution in [1.82, 2.24) is 14.5 Å². The Balaban J connectivity index is 1.39. The van der Waals surface area contributed by atoms with Gasteiger partial charge in [-0.1, -0.05) is 36.4 Å². The van der Waals surface area contributed by atoms with Gasteiger partial charge in [-0.3, -0.25) is 19.2 Å². The molecule has 0 atom stereocenters. The van der Waals surface area contributed by atoms with E-state index in [9.17, 15) is 9.18 Å². The number of aryl methyl sites for hydroxylation is 1. The molecule has 0 aliphatic carbocycles. The van der Waals surface area contributed by atoms with E-state index in [-0.39, 0.29) is 18.2 Å². The van der Waals surface area contributed by atoms with Crippen LogP contribution in [0.15, 0.2) is 77.6 Å². The molecule has 6 rings (SSSR count). The molecular formula is C28H25FN4O3. The molecule has 182 valence electrons. The Morgan fingerprint density at radius 1 is 0.917 bits per heavy atom. The first kappa shape index (κ1) is 22.3. The number of anilines is 2. The predicted molar refractivity (Wildman–Crippen MR) is 134 cm³/mol. The molecule has 7 nitrogen and oxygen atoms in total. The van der Waals surface area contributed by atoms with Gasteiger partial charge < -0.3 is 9.47 Å². The van der Waals surface area contributed by atoms with Gasteiger partial charge in [0.05, 0.1) is 19.0 Å². The lowest BCUT2D eigenvalue weighted by Gasteiger charge is -2.38.